The number of aromatic nitrogens is 4. The van der Waals surface area contributed by atoms with Gasteiger partial charge in [-0.05, 0) is 18.9 Å². The van der Waals surface area contributed by atoms with Crippen molar-refractivity contribution in [3.8, 4) is 0 Å². The highest BCUT2D eigenvalue weighted by atomic mass is 15.1. The summed E-state index contributed by atoms with van der Waals surface area (Å²) in [5.41, 5.74) is 1.66. The van der Waals surface area contributed by atoms with Gasteiger partial charge >= 0.3 is 0 Å². The molecule has 0 aromatic carbocycles. The number of H-pyrrole nitrogens is 1. The van der Waals surface area contributed by atoms with E-state index < -0.39 is 0 Å². The van der Waals surface area contributed by atoms with Crippen LogP contribution in [0.4, 0.5) is 0 Å². The van der Waals surface area contributed by atoms with E-state index in [4.69, 9.17) is 0 Å². The smallest absolute Gasteiger partial charge is 0.180 e. The second-order valence-electron chi connectivity index (χ2n) is 4.08. The van der Waals surface area contributed by atoms with Crippen LogP contribution in [0.1, 0.15) is 25.2 Å². The number of aromatic amines is 1. The Balaban J connectivity index is 2.04. The first-order chi connectivity index (χ1) is 7.34. The molecule has 1 fully saturated rings. The SMILES string of the molecule is CC1CCNC1c1nc2ncncc2[nH]1. The van der Waals surface area contributed by atoms with E-state index in [1.807, 2.05) is 0 Å². The van der Waals surface area contributed by atoms with Gasteiger partial charge in [-0.15, -0.1) is 0 Å². The van der Waals surface area contributed by atoms with Gasteiger partial charge in [-0.2, -0.15) is 0 Å². The zero-order valence-corrected chi connectivity index (χ0v) is 8.57. The Morgan fingerprint density at radius 2 is 2.40 bits per heavy atom. The third kappa shape index (κ3) is 1.39. The van der Waals surface area contributed by atoms with Gasteiger partial charge < -0.3 is 10.3 Å². The van der Waals surface area contributed by atoms with Gasteiger partial charge in [0.15, 0.2) is 5.65 Å². The first-order valence-electron chi connectivity index (χ1n) is 5.23. The molecule has 0 aliphatic carbocycles. The molecule has 0 bridgehead atoms. The van der Waals surface area contributed by atoms with Crippen LogP contribution >= 0.6 is 0 Å². The summed E-state index contributed by atoms with van der Waals surface area (Å²) < 4.78 is 0. The Morgan fingerprint density at radius 3 is 3.13 bits per heavy atom. The summed E-state index contributed by atoms with van der Waals surface area (Å²) in [6.07, 6.45) is 4.49. The van der Waals surface area contributed by atoms with Gasteiger partial charge in [-0.25, -0.2) is 15.0 Å². The van der Waals surface area contributed by atoms with Gasteiger partial charge in [-0.3, -0.25) is 0 Å². The molecule has 0 radical (unpaired) electrons. The molecule has 2 aromatic rings. The molecule has 1 saturated heterocycles. The zero-order valence-electron chi connectivity index (χ0n) is 8.57. The van der Waals surface area contributed by atoms with Crippen molar-refractivity contribution < 1.29 is 0 Å². The lowest BCUT2D eigenvalue weighted by Gasteiger charge is -2.11. The maximum absolute atomic E-state index is 4.48. The normalized spacial score (nSPS) is 26.2. The highest BCUT2D eigenvalue weighted by Crippen LogP contribution is 2.27. The number of nitrogens with one attached hydrogen (secondary N) is 2. The maximum atomic E-state index is 4.48. The average molecular weight is 203 g/mol. The number of imidazole rings is 1. The van der Waals surface area contributed by atoms with E-state index in [-0.39, 0.29) is 0 Å². The summed E-state index contributed by atoms with van der Waals surface area (Å²) >= 11 is 0. The van der Waals surface area contributed by atoms with Crippen molar-refractivity contribution in [2.75, 3.05) is 6.54 Å². The second kappa shape index (κ2) is 3.27. The number of rotatable bonds is 1. The Labute approximate surface area is 87.3 Å². The Kier molecular flexibility index (Phi) is 1.92. The van der Waals surface area contributed by atoms with Gasteiger partial charge in [-0.1, -0.05) is 6.92 Å². The molecule has 2 aromatic heterocycles. The van der Waals surface area contributed by atoms with Gasteiger partial charge in [0, 0.05) is 0 Å². The molecule has 0 amide bonds. The quantitative estimate of drug-likeness (QED) is 0.726. The third-order valence-corrected chi connectivity index (χ3v) is 3.01. The first-order valence-corrected chi connectivity index (χ1v) is 5.23. The van der Waals surface area contributed by atoms with Crippen LogP contribution in [0.25, 0.3) is 11.2 Å². The lowest BCUT2D eigenvalue weighted by molar-refractivity contribution is 0.484. The molecule has 3 rings (SSSR count). The van der Waals surface area contributed by atoms with Crippen molar-refractivity contribution in [1.29, 1.82) is 0 Å². The molecule has 5 nitrogen and oxygen atoms in total. The number of hydrogen-bond donors (Lipinski definition) is 2. The van der Waals surface area contributed by atoms with E-state index in [1.165, 1.54) is 12.7 Å². The summed E-state index contributed by atoms with van der Waals surface area (Å²) in [6, 6.07) is 0.333. The van der Waals surface area contributed by atoms with E-state index in [9.17, 15) is 0 Å². The highest BCUT2D eigenvalue weighted by Gasteiger charge is 2.26. The van der Waals surface area contributed by atoms with Crippen molar-refractivity contribution in [3.63, 3.8) is 0 Å². The van der Waals surface area contributed by atoms with E-state index >= 15 is 0 Å². The van der Waals surface area contributed by atoms with E-state index in [0.717, 1.165) is 23.5 Å². The van der Waals surface area contributed by atoms with E-state index in [0.29, 0.717) is 12.0 Å². The number of fused-ring (bicyclic) bond motifs is 1. The van der Waals surface area contributed by atoms with E-state index in [2.05, 4.69) is 32.2 Å². The summed E-state index contributed by atoms with van der Waals surface area (Å²) in [5, 5.41) is 3.44. The minimum absolute atomic E-state index is 0.333. The van der Waals surface area contributed by atoms with Crippen LogP contribution in [-0.4, -0.2) is 26.5 Å². The monoisotopic (exact) mass is 203 g/mol. The van der Waals surface area contributed by atoms with Crippen LogP contribution in [-0.2, 0) is 0 Å². The predicted molar refractivity (Wildman–Crippen MR) is 56.2 cm³/mol. The molecule has 5 heteroatoms. The Morgan fingerprint density at radius 1 is 1.47 bits per heavy atom. The molecule has 3 heterocycles. The molecule has 1 aliphatic heterocycles. The van der Waals surface area contributed by atoms with Crippen molar-refractivity contribution in [2.45, 2.75) is 19.4 Å². The first kappa shape index (κ1) is 8.79. The van der Waals surface area contributed by atoms with Crippen LogP contribution in [0.15, 0.2) is 12.5 Å². The fraction of sp³-hybridized carbons (Fsp3) is 0.500. The number of nitrogens with zero attached hydrogens (tertiary/aromatic N) is 3. The van der Waals surface area contributed by atoms with Gasteiger partial charge in [0.2, 0.25) is 0 Å². The summed E-state index contributed by atoms with van der Waals surface area (Å²) in [7, 11) is 0. The fourth-order valence-electron chi connectivity index (χ4n) is 2.13. The fourth-order valence-corrected chi connectivity index (χ4v) is 2.13. The van der Waals surface area contributed by atoms with Crippen molar-refractivity contribution in [3.05, 3.63) is 18.3 Å². The highest BCUT2D eigenvalue weighted by molar-refractivity contribution is 5.68. The van der Waals surface area contributed by atoms with Crippen molar-refractivity contribution in [2.24, 2.45) is 5.92 Å². The van der Waals surface area contributed by atoms with Gasteiger partial charge in [0.05, 0.1) is 12.2 Å². The third-order valence-electron chi connectivity index (χ3n) is 3.01. The molecule has 0 spiro atoms. The number of hydrogen-bond acceptors (Lipinski definition) is 4. The Bertz CT molecular complexity index is 444. The summed E-state index contributed by atoms with van der Waals surface area (Å²) in [4.78, 5) is 15.8. The van der Waals surface area contributed by atoms with E-state index in [1.54, 1.807) is 6.20 Å². The molecule has 2 N–H and O–H groups in total. The molecule has 2 atom stereocenters. The van der Waals surface area contributed by atoms with Crippen LogP contribution < -0.4 is 5.32 Å². The zero-order chi connectivity index (χ0) is 10.3. The maximum Gasteiger partial charge on any atom is 0.180 e. The molecule has 1 aliphatic rings. The summed E-state index contributed by atoms with van der Waals surface area (Å²) in [5.74, 6) is 1.61. The van der Waals surface area contributed by atoms with Crippen molar-refractivity contribution in [1.82, 2.24) is 25.3 Å². The molecule has 15 heavy (non-hydrogen) atoms. The standard InChI is InChI=1S/C10H13N5/c1-6-2-3-12-8(6)10-14-7-4-11-5-13-9(7)15-10/h4-6,8,12H,2-3H2,1H3,(H,11,13,14,15). The van der Waals surface area contributed by atoms with Crippen molar-refractivity contribution >= 4 is 11.2 Å². The molecular weight excluding hydrogens is 190 g/mol. The Hall–Kier alpha value is -1.49. The minimum atomic E-state index is 0.333. The van der Waals surface area contributed by atoms with Crippen LogP contribution in [0.5, 0.6) is 0 Å². The van der Waals surface area contributed by atoms with Gasteiger partial charge in [0.25, 0.3) is 0 Å². The van der Waals surface area contributed by atoms with Crippen LogP contribution in [0.2, 0.25) is 0 Å². The minimum Gasteiger partial charge on any atom is -0.338 e. The lowest BCUT2D eigenvalue weighted by atomic mass is 10.0. The second-order valence-corrected chi connectivity index (χ2v) is 4.08. The predicted octanol–water partition coefficient (Wildman–Crippen LogP) is 1.02. The lowest BCUT2D eigenvalue weighted by Crippen LogP contribution is -2.17. The molecule has 78 valence electrons. The van der Waals surface area contributed by atoms with Crippen LogP contribution in [0.3, 0.4) is 0 Å². The van der Waals surface area contributed by atoms with Crippen LogP contribution in [0, 0.1) is 5.92 Å². The molecular formula is C10H13N5. The van der Waals surface area contributed by atoms with Gasteiger partial charge in [0.1, 0.15) is 17.7 Å². The largest absolute Gasteiger partial charge is 0.338 e. The average Bonchev–Trinajstić information content (AvgIpc) is 2.82. The topological polar surface area (TPSA) is 66.5 Å². The molecule has 2 unspecified atom stereocenters. The molecule has 0 saturated carbocycles. The summed E-state index contributed by atoms with van der Waals surface area (Å²) in [6.45, 7) is 3.30.